The van der Waals surface area contributed by atoms with E-state index in [9.17, 15) is 0 Å². The maximum atomic E-state index is 6.04. The molecule has 1 aliphatic carbocycles. The second kappa shape index (κ2) is 11.6. The zero-order valence-electron chi connectivity index (χ0n) is 20.5. The monoisotopic (exact) mass is 481 g/mol. The molecule has 0 saturated heterocycles. The molecule has 1 aliphatic heterocycles. The first-order valence-corrected chi connectivity index (χ1v) is 14.3. The number of hydrogen-bond acceptors (Lipinski definition) is 3. The van der Waals surface area contributed by atoms with E-state index in [0.29, 0.717) is 12.0 Å². The summed E-state index contributed by atoms with van der Waals surface area (Å²) in [6, 6.07) is 16.2. The molecule has 0 aromatic heterocycles. The fourth-order valence-electron chi connectivity index (χ4n) is 5.52. The van der Waals surface area contributed by atoms with Crippen LogP contribution in [0.25, 0.3) is 0 Å². The van der Waals surface area contributed by atoms with Gasteiger partial charge in [0, 0.05) is 41.9 Å². The lowest BCUT2D eigenvalue weighted by atomic mass is 9.84. The first-order valence-electron chi connectivity index (χ1n) is 12.7. The second-order valence-electron chi connectivity index (χ2n) is 9.67. The summed E-state index contributed by atoms with van der Waals surface area (Å²) in [6.07, 6.45) is 10.9. The topological polar surface area (TPSA) is 18.5 Å². The fraction of sp³-hybridized carbons (Fsp3) is 0.536. The van der Waals surface area contributed by atoms with Crippen LogP contribution >= 0.6 is 24.0 Å². The van der Waals surface area contributed by atoms with E-state index in [1.807, 2.05) is 0 Å². The maximum Gasteiger partial charge on any atom is 0.173 e. The molecule has 33 heavy (non-hydrogen) atoms. The number of thioether (sulfide) groups is 1. The van der Waals surface area contributed by atoms with Crippen LogP contribution in [-0.2, 0) is 13.0 Å². The van der Waals surface area contributed by atoms with Gasteiger partial charge in [-0.05, 0) is 91.9 Å². The SMILES string of the molecule is CCCN1CCCc2cc(CN(C(=S)Nc3cccc(SC)c3)[C@H]3CCCC[C@@H]3C)ccc21. The molecule has 2 aromatic rings. The van der Waals surface area contributed by atoms with Gasteiger partial charge in [0.15, 0.2) is 5.11 Å². The number of rotatable bonds is 7. The second-order valence-corrected chi connectivity index (χ2v) is 10.9. The number of benzene rings is 2. The number of nitrogens with zero attached hydrogens (tertiary/aromatic N) is 2. The van der Waals surface area contributed by atoms with Gasteiger partial charge in [-0.3, -0.25) is 0 Å². The molecule has 0 bridgehead atoms. The first kappa shape index (κ1) is 24.4. The zero-order chi connectivity index (χ0) is 23.2. The average Bonchev–Trinajstić information content (AvgIpc) is 2.83. The van der Waals surface area contributed by atoms with Crippen molar-refractivity contribution in [1.82, 2.24) is 4.90 Å². The molecule has 0 amide bonds. The van der Waals surface area contributed by atoms with Gasteiger partial charge in [0.25, 0.3) is 0 Å². The summed E-state index contributed by atoms with van der Waals surface area (Å²) in [5, 5.41) is 4.44. The molecule has 0 unspecified atom stereocenters. The van der Waals surface area contributed by atoms with Gasteiger partial charge in [-0.15, -0.1) is 11.8 Å². The molecule has 1 fully saturated rings. The quantitative estimate of drug-likeness (QED) is 0.328. The summed E-state index contributed by atoms with van der Waals surface area (Å²) < 4.78 is 0. The van der Waals surface area contributed by atoms with E-state index >= 15 is 0 Å². The molecule has 178 valence electrons. The van der Waals surface area contributed by atoms with Gasteiger partial charge in [-0.25, -0.2) is 0 Å². The lowest BCUT2D eigenvalue weighted by molar-refractivity contribution is 0.177. The third-order valence-electron chi connectivity index (χ3n) is 7.25. The number of hydrogen-bond donors (Lipinski definition) is 1. The lowest BCUT2D eigenvalue weighted by Crippen LogP contribution is -2.46. The number of nitrogens with one attached hydrogen (secondary N) is 1. The highest BCUT2D eigenvalue weighted by Gasteiger charge is 2.29. The Morgan fingerprint density at radius 2 is 2.00 bits per heavy atom. The first-order chi connectivity index (χ1) is 16.1. The van der Waals surface area contributed by atoms with E-state index in [2.05, 4.69) is 77.7 Å². The van der Waals surface area contributed by atoms with E-state index in [-0.39, 0.29) is 0 Å². The number of fused-ring (bicyclic) bond motifs is 1. The average molecular weight is 482 g/mol. The van der Waals surface area contributed by atoms with Crippen molar-refractivity contribution in [1.29, 1.82) is 0 Å². The van der Waals surface area contributed by atoms with E-state index < -0.39 is 0 Å². The van der Waals surface area contributed by atoms with Gasteiger partial charge >= 0.3 is 0 Å². The molecule has 2 atom stereocenters. The van der Waals surface area contributed by atoms with Gasteiger partial charge in [0.05, 0.1) is 0 Å². The predicted octanol–water partition coefficient (Wildman–Crippen LogP) is 7.35. The van der Waals surface area contributed by atoms with Crippen molar-refractivity contribution < 1.29 is 0 Å². The molecule has 4 rings (SSSR count). The standard InChI is InChI=1S/C28H39N3S2/c1-4-16-30-17-8-10-23-18-22(14-15-27(23)30)20-31(26-13-6-5-9-21(26)2)28(32)29-24-11-7-12-25(19-24)33-3/h7,11-12,14-15,18-19,21,26H,4-6,8-10,13,16-17,20H2,1-3H3,(H,29,32)/t21-,26-/m0/s1. The largest absolute Gasteiger partial charge is 0.371 e. The highest BCUT2D eigenvalue weighted by atomic mass is 32.2. The summed E-state index contributed by atoms with van der Waals surface area (Å²) in [5.41, 5.74) is 5.42. The van der Waals surface area contributed by atoms with Crippen molar-refractivity contribution in [3.8, 4) is 0 Å². The molecule has 2 aliphatic rings. The van der Waals surface area contributed by atoms with Crippen molar-refractivity contribution >= 4 is 40.5 Å². The van der Waals surface area contributed by atoms with E-state index in [1.54, 1.807) is 11.8 Å². The Morgan fingerprint density at radius 1 is 1.15 bits per heavy atom. The van der Waals surface area contributed by atoms with Gasteiger partial charge in [-0.1, -0.05) is 44.9 Å². The molecule has 0 spiro atoms. The van der Waals surface area contributed by atoms with Crippen molar-refractivity contribution in [3.05, 3.63) is 53.6 Å². The van der Waals surface area contributed by atoms with Crippen LogP contribution in [0.15, 0.2) is 47.4 Å². The van der Waals surface area contributed by atoms with Crippen molar-refractivity contribution in [2.24, 2.45) is 5.92 Å². The molecule has 1 saturated carbocycles. The van der Waals surface area contributed by atoms with Crippen molar-refractivity contribution in [2.75, 3.05) is 29.6 Å². The molecule has 0 radical (unpaired) electrons. The zero-order valence-corrected chi connectivity index (χ0v) is 22.1. The van der Waals surface area contributed by atoms with E-state index in [0.717, 1.165) is 23.9 Å². The van der Waals surface area contributed by atoms with Gasteiger partial charge in [0.1, 0.15) is 0 Å². The summed E-state index contributed by atoms with van der Waals surface area (Å²) in [5.74, 6) is 0.661. The predicted molar refractivity (Wildman–Crippen MR) is 149 cm³/mol. The van der Waals surface area contributed by atoms with Crippen LogP contribution in [0.5, 0.6) is 0 Å². The van der Waals surface area contributed by atoms with Crippen LogP contribution in [0, 0.1) is 5.92 Å². The van der Waals surface area contributed by atoms with E-state index in [4.69, 9.17) is 12.2 Å². The van der Waals surface area contributed by atoms with Crippen molar-refractivity contribution in [2.45, 2.75) is 76.3 Å². The normalized spacial score (nSPS) is 20.3. The summed E-state index contributed by atoms with van der Waals surface area (Å²) in [7, 11) is 0. The third-order valence-corrected chi connectivity index (χ3v) is 8.32. The Labute approximate surface area is 210 Å². The Bertz CT molecular complexity index is 944. The van der Waals surface area contributed by atoms with Crippen LogP contribution in [0.2, 0.25) is 0 Å². The van der Waals surface area contributed by atoms with Crippen LogP contribution < -0.4 is 10.2 Å². The number of thiocarbonyl (C=S) groups is 1. The molecule has 1 heterocycles. The minimum Gasteiger partial charge on any atom is -0.371 e. The van der Waals surface area contributed by atoms with Gasteiger partial charge < -0.3 is 15.1 Å². The molecule has 1 N–H and O–H groups in total. The van der Waals surface area contributed by atoms with Crippen molar-refractivity contribution in [3.63, 3.8) is 0 Å². The smallest absolute Gasteiger partial charge is 0.173 e. The molecule has 2 aromatic carbocycles. The molecule has 5 heteroatoms. The number of anilines is 2. The van der Waals surface area contributed by atoms with Crippen LogP contribution in [0.3, 0.4) is 0 Å². The minimum atomic E-state index is 0.495. The van der Waals surface area contributed by atoms with Gasteiger partial charge in [0.2, 0.25) is 0 Å². The Morgan fingerprint density at radius 3 is 2.79 bits per heavy atom. The number of aryl methyl sites for hydroxylation is 1. The van der Waals surface area contributed by atoms with Crippen LogP contribution in [0.4, 0.5) is 11.4 Å². The Balaban J connectivity index is 1.56. The maximum absolute atomic E-state index is 6.04. The lowest BCUT2D eigenvalue weighted by Gasteiger charge is -2.40. The summed E-state index contributed by atoms with van der Waals surface area (Å²) >= 11 is 7.81. The third kappa shape index (κ3) is 6.05. The summed E-state index contributed by atoms with van der Waals surface area (Å²) in [6.45, 7) is 7.90. The van der Waals surface area contributed by atoms with Crippen LogP contribution in [0.1, 0.15) is 63.5 Å². The fourth-order valence-corrected chi connectivity index (χ4v) is 6.30. The Hall–Kier alpha value is -1.72. The highest BCUT2D eigenvalue weighted by Crippen LogP contribution is 2.32. The van der Waals surface area contributed by atoms with E-state index in [1.165, 1.54) is 73.2 Å². The minimum absolute atomic E-state index is 0.495. The highest BCUT2D eigenvalue weighted by molar-refractivity contribution is 7.98. The molecular formula is C28H39N3S2. The van der Waals surface area contributed by atoms with Crippen LogP contribution in [-0.4, -0.2) is 35.4 Å². The summed E-state index contributed by atoms with van der Waals surface area (Å²) in [4.78, 5) is 6.31. The van der Waals surface area contributed by atoms with Gasteiger partial charge in [-0.2, -0.15) is 0 Å². The molecular weight excluding hydrogens is 442 g/mol. The molecule has 3 nitrogen and oxygen atoms in total. The Kier molecular flexibility index (Phi) is 8.59.